The molecule has 100 valence electrons. The van der Waals surface area contributed by atoms with Crippen molar-refractivity contribution in [2.75, 3.05) is 25.5 Å². The fourth-order valence-corrected chi connectivity index (χ4v) is 2.02. The topological polar surface area (TPSA) is 15.3 Å². The quantitative estimate of drug-likeness (QED) is 0.588. The van der Waals surface area contributed by atoms with Crippen LogP contribution in [0.5, 0.6) is 0 Å². The Balaban J connectivity index is 2.92. The van der Waals surface area contributed by atoms with Crippen LogP contribution < -0.4 is 10.2 Å². The van der Waals surface area contributed by atoms with Gasteiger partial charge in [0, 0.05) is 30.9 Å². The smallest absolute Gasteiger partial charge is 0.130 e. The van der Waals surface area contributed by atoms with Crippen molar-refractivity contribution in [3.05, 3.63) is 42.2 Å². The van der Waals surface area contributed by atoms with Crippen molar-refractivity contribution in [1.82, 2.24) is 5.32 Å². The second kappa shape index (κ2) is 7.17. The molecule has 2 nitrogen and oxygen atoms in total. The van der Waals surface area contributed by atoms with Crippen molar-refractivity contribution in [3.8, 4) is 0 Å². The summed E-state index contributed by atoms with van der Waals surface area (Å²) < 4.78 is 14.0. The Hall–Kier alpha value is -1.35. The Labute approximate surface area is 110 Å². The molecule has 3 heteroatoms. The zero-order chi connectivity index (χ0) is 13.5. The lowest BCUT2D eigenvalue weighted by Crippen LogP contribution is -2.23. The highest BCUT2D eigenvalue weighted by Crippen LogP contribution is 2.28. The first-order valence-corrected chi connectivity index (χ1v) is 6.39. The number of nitrogens with zero attached hydrogens (tertiary/aromatic N) is 1. The summed E-state index contributed by atoms with van der Waals surface area (Å²) >= 11 is 0. The first-order valence-electron chi connectivity index (χ1n) is 6.39. The maximum absolute atomic E-state index is 14.0. The van der Waals surface area contributed by atoms with Gasteiger partial charge in [0.2, 0.25) is 0 Å². The van der Waals surface area contributed by atoms with Gasteiger partial charge < -0.3 is 10.2 Å². The van der Waals surface area contributed by atoms with Crippen LogP contribution in [0.4, 0.5) is 10.1 Å². The number of anilines is 1. The lowest BCUT2D eigenvalue weighted by Gasteiger charge is -2.25. The molecule has 0 aliphatic rings. The first kappa shape index (κ1) is 14.7. The average Bonchev–Trinajstić information content (AvgIpc) is 2.37. The molecule has 1 unspecified atom stereocenters. The molecule has 0 heterocycles. The Morgan fingerprint density at radius 1 is 1.50 bits per heavy atom. The van der Waals surface area contributed by atoms with E-state index in [0.29, 0.717) is 0 Å². The minimum atomic E-state index is -0.148. The van der Waals surface area contributed by atoms with Gasteiger partial charge in [0.1, 0.15) is 5.82 Å². The summed E-state index contributed by atoms with van der Waals surface area (Å²) in [5, 5.41) is 3.10. The molecule has 0 radical (unpaired) electrons. The molecule has 0 aromatic heterocycles. The maximum Gasteiger partial charge on any atom is 0.130 e. The van der Waals surface area contributed by atoms with Crippen LogP contribution in [-0.4, -0.2) is 20.6 Å². The number of allylic oxidation sites excluding steroid dienone is 1. The lowest BCUT2D eigenvalue weighted by molar-refractivity contribution is 0.560. The zero-order valence-corrected chi connectivity index (χ0v) is 11.5. The maximum atomic E-state index is 14.0. The van der Waals surface area contributed by atoms with E-state index in [0.717, 1.165) is 30.6 Å². The molecule has 0 aliphatic heterocycles. The van der Waals surface area contributed by atoms with Gasteiger partial charge in [-0.25, -0.2) is 4.39 Å². The van der Waals surface area contributed by atoms with Gasteiger partial charge in [-0.05, 0) is 38.9 Å². The molecular weight excluding hydrogens is 227 g/mol. The van der Waals surface area contributed by atoms with E-state index < -0.39 is 0 Å². The predicted molar refractivity (Wildman–Crippen MR) is 76.6 cm³/mol. The third-order valence-corrected chi connectivity index (χ3v) is 3.21. The van der Waals surface area contributed by atoms with E-state index in [1.54, 1.807) is 6.07 Å². The van der Waals surface area contributed by atoms with Crippen LogP contribution >= 0.6 is 0 Å². The fraction of sp³-hybridized carbons (Fsp3) is 0.467. The number of benzene rings is 1. The largest absolute Gasteiger partial charge is 0.374 e. The lowest BCUT2D eigenvalue weighted by atomic mass is 10.0. The Morgan fingerprint density at radius 3 is 2.83 bits per heavy atom. The third kappa shape index (κ3) is 3.57. The monoisotopic (exact) mass is 250 g/mol. The van der Waals surface area contributed by atoms with Crippen molar-refractivity contribution in [3.63, 3.8) is 0 Å². The van der Waals surface area contributed by atoms with Crippen molar-refractivity contribution in [1.29, 1.82) is 0 Å². The highest BCUT2D eigenvalue weighted by Gasteiger charge is 2.16. The molecule has 1 rings (SSSR count). The molecule has 0 aliphatic carbocycles. The molecule has 0 saturated carbocycles. The molecule has 0 bridgehead atoms. The van der Waals surface area contributed by atoms with Gasteiger partial charge in [0.05, 0.1) is 0 Å². The standard InChI is InChI=1S/C15H23FN2/c1-5-6-7-11-18(4)14-10-8-9-13(16)15(14)12(2)17-3/h5,8-10,12,17H,1,6-7,11H2,2-4H3. The minimum absolute atomic E-state index is 0.00283. The van der Waals surface area contributed by atoms with E-state index in [9.17, 15) is 4.39 Å². The normalized spacial score (nSPS) is 12.2. The van der Waals surface area contributed by atoms with E-state index in [2.05, 4.69) is 16.8 Å². The summed E-state index contributed by atoms with van der Waals surface area (Å²) in [5.74, 6) is -0.148. The molecule has 1 N–H and O–H groups in total. The van der Waals surface area contributed by atoms with Gasteiger partial charge in [0.15, 0.2) is 0 Å². The summed E-state index contributed by atoms with van der Waals surface area (Å²) in [6.45, 7) is 6.59. The van der Waals surface area contributed by atoms with Gasteiger partial charge >= 0.3 is 0 Å². The summed E-state index contributed by atoms with van der Waals surface area (Å²) in [6.07, 6.45) is 3.93. The van der Waals surface area contributed by atoms with E-state index in [1.807, 2.05) is 33.2 Å². The minimum Gasteiger partial charge on any atom is -0.374 e. The number of hydrogen-bond acceptors (Lipinski definition) is 2. The number of hydrogen-bond donors (Lipinski definition) is 1. The van der Waals surface area contributed by atoms with Crippen molar-refractivity contribution in [2.24, 2.45) is 0 Å². The second-order valence-electron chi connectivity index (χ2n) is 4.54. The van der Waals surface area contributed by atoms with Gasteiger partial charge in [-0.15, -0.1) is 6.58 Å². The van der Waals surface area contributed by atoms with E-state index >= 15 is 0 Å². The molecule has 1 atom stereocenters. The zero-order valence-electron chi connectivity index (χ0n) is 11.5. The van der Waals surface area contributed by atoms with E-state index in [-0.39, 0.29) is 11.9 Å². The van der Waals surface area contributed by atoms with Crippen LogP contribution in [0, 0.1) is 5.82 Å². The van der Waals surface area contributed by atoms with Gasteiger partial charge in [-0.3, -0.25) is 0 Å². The van der Waals surface area contributed by atoms with Crippen LogP contribution in [0.25, 0.3) is 0 Å². The Bertz CT molecular complexity index is 390. The molecule has 1 aromatic rings. The average molecular weight is 250 g/mol. The van der Waals surface area contributed by atoms with Gasteiger partial charge in [-0.2, -0.15) is 0 Å². The summed E-state index contributed by atoms with van der Waals surface area (Å²) in [5.41, 5.74) is 1.70. The molecule has 18 heavy (non-hydrogen) atoms. The van der Waals surface area contributed by atoms with Crippen molar-refractivity contribution in [2.45, 2.75) is 25.8 Å². The number of halogens is 1. The molecule has 0 fully saturated rings. The predicted octanol–water partition coefficient (Wildman–Crippen LogP) is 3.51. The Morgan fingerprint density at radius 2 is 2.22 bits per heavy atom. The van der Waals surface area contributed by atoms with Crippen LogP contribution in [0.1, 0.15) is 31.4 Å². The number of nitrogens with one attached hydrogen (secondary N) is 1. The van der Waals surface area contributed by atoms with E-state index in [1.165, 1.54) is 6.07 Å². The van der Waals surface area contributed by atoms with Crippen molar-refractivity contribution < 1.29 is 4.39 Å². The number of unbranched alkanes of at least 4 members (excludes halogenated alkanes) is 1. The van der Waals surface area contributed by atoms with E-state index in [4.69, 9.17) is 0 Å². The Kier molecular flexibility index (Phi) is 5.86. The third-order valence-electron chi connectivity index (χ3n) is 3.21. The molecular formula is C15H23FN2. The highest BCUT2D eigenvalue weighted by molar-refractivity contribution is 5.55. The summed E-state index contributed by atoms with van der Waals surface area (Å²) in [7, 11) is 3.85. The van der Waals surface area contributed by atoms with Crippen LogP contribution in [0.3, 0.4) is 0 Å². The highest BCUT2D eigenvalue weighted by atomic mass is 19.1. The van der Waals surface area contributed by atoms with Gasteiger partial charge in [0.25, 0.3) is 0 Å². The number of rotatable bonds is 7. The fourth-order valence-electron chi connectivity index (χ4n) is 2.02. The van der Waals surface area contributed by atoms with Crippen LogP contribution in [0.2, 0.25) is 0 Å². The SMILES string of the molecule is C=CCCCN(C)c1cccc(F)c1C(C)NC. The molecule has 0 amide bonds. The van der Waals surface area contributed by atoms with Crippen LogP contribution in [-0.2, 0) is 0 Å². The molecule has 0 saturated heterocycles. The second-order valence-corrected chi connectivity index (χ2v) is 4.54. The molecule has 1 aromatic carbocycles. The molecule has 0 spiro atoms. The van der Waals surface area contributed by atoms with Crippen molar-refractivity contribution >= 4 is 5.69 Å². The van der Waals surface area contributed by atoms with Gasteiger partial charge in [-0.1, -0.05) is 12.1 Å². The summed E-state index contributed by atoms with van der Waals surface area (Å²) in [4.78, 5) is 2.11. The first-order chi connectivity index (χ1) is 8.61. The van der Waals surface area contributed by atoms with Crippen LogP contribution in [0.15, 0.2) is 30.9 Å². The summed E-state index contributed by atoms with van der Waals surface area (Å²) in [6, 6.07) is 5.26.